The number of anilines is 2. The summed E-state index contributed by atoms with van der Waals surface area (Å²) >= 11 is 5.86. The van der Waals surface area contributed by atoms with E-state index in [0.29, 0.717) is 5.82 Å². The van der Waals surface area contributed by atoms with Crippen LogP contribution in [-0.4, -0.2) is 16.5 Å². The van der Waals surface area contributed by atoms with Gasteiger partial charge in [0, 0.05) is 24.1 Å². The maximum atomic E-state index is 5.86. The Morgan fingerprint density at radius 2 is 1.90 bits per heavy atom. The number of nitrogens with two attached hydrogens (primary N) is 1. The molecule has 2 aromatic rings. The Labute approximate surface area is 124 Å². The Hall–Kier alpha value is -1.81. The molecule has 0 bridgehead atoms. The normalized spacial score (nSPS) is 10.5. The maximum Gasteiger partial charge on any atom is 0.133 e. The van der Waals surface area contributed by atoms with E-state index in [1.807, 2.05) is 24.3 Å². The monoisotopic (exact) mass is 290 g/mol. The van der Waals surface area contributed by atoms with Gasteiger partial charge in [-0.25, -0.2) is 9.97 Å². The molecule has 0 spiro atoms. The van der Waals surface area contributed by atoms with Crippen molar-refractivity contribution in [3.05, 3.63) is 46.7 Å². The van der Waals surface area contributed by atoms with E-state index in [-0.39, 0.29) is 0 Å². The van der Waals surface area contributed by atoms with E-state index in [1.165, 1.54) is 5.56 Å². The molecule has 2 rings (SSSR count). The quantitative estimate of drug-likeness (QED) is 0.856. The van der Waals surface area contributed by atoms with Crippen LogP contribution in [0.5, 0.6) is 0 Å². The minimum Gasteiger partial charge on any atom is -0.384 e. The molecule has 0 aliphatic heterocycles. The van der Waals surface area contributed by atoms with E-state index < -0.39 is 0 Å². The first-order valence-corrected chi connectivity index (χ1v) is 7.17. The molecule has 1 heterocycles. The predicted molar refractivity (Wildman–Crippen MR) is 84.1 cm³/mol. The van der Waals surface area contributed by atoms with E-state index in [9.17, 15) is 0 Å². The van der Waals surface area contributed by atoms with E-state index in [4.69, 9.17) is 17.3 Å². The summed E-state index contributed by atoms with van der Waals surface area (Å²) in [5, 5.41) is 4.04. The van der Waals surface area contributed by atoms with Gasteiger partial charge in [0.2, 0.25) is 0 Å². The Bertz CT molecular complexity index is 554. The van der Waals surface area contributed by atoms with Crippen LogP contribution in [0, 0.1) is 0 Å². The summed E-state index contributed by atoms with van der Waals surface area (Å²) in [6.07, 6.45) is 2.76. The lowest BCUT2D eigenvalue weighted by atomic mass is 10.1. The highest BCUT2D eigenvalue weighted by Gasteiger charge is 2.02. The van der Waals surface area contributed by atoms with Crippen LogP contribution in [0.4, 0.5) is 11.6 Å². The van der Waals surface area contributed by atoms with Crippen molar-refractivity contribution in [3.63, 3.8) is 0 Å². The molecule has 1 aromatic heterocycles. The number of hydrogen-bond acceptors (Lipinski definition) is 4. The topological polar surface area (TPSA) is 63.8 Å². The molecule has 0 atom stereocenters. The minimum atomic E-state index is 0.512. The number of rotatable bonds is 6. The number of aryl methyl sites for hydroxylation is 1. The molecule has 0 fully saturated rings. The maximum absolute atomic E-state index is 5.86. The lowest BCUT2D eigenvalue weighted by Crippen LogP contribution is -2.09. The molecule has 0 saturated carbocycles. The molecule has 0 amide bonds. The van der Waals surface area contributed by atoms with Crippen molar-refractivity contribution in [2.45, 2.75) is 26.2 Å². The molecule has 1 aromatic carbocycles. The van der Waals surface area contributed by atoms with Gasteiger partial charge in [0.25, 0.3) is 0 Å². The molecule has 4 nitrogen and oxygen atoms in total. The number of nitrogens with zero attached hydrogens (tertiary/aromatic N) is 2. The molecule has 5 heteroatoms. The van der Waals surface area contributed by atoms with Gasteiger partial charge in [0.15, 0.2) is 0 Å². The summed E-state index contributed by atoms with van der Waals surface area (Å²) in [7, 11) is 0. The Kier molecular flexibility index (Phi) is 5.18. The van der Waals surface area contributed by atoms with Crippen LogP contribution in [0.15, 0.2) is 30.3 Å². The highest BCUT2D eigenvalue weighted by molar-refractivity contribution is 6.30. The van der Waals surface area contributed by atoms with Crippen molar-refractivity contribution in [2.75, 3.05) is 17.6 Å². The first-order valence-electron chi connectivity index (χ1n) is 6.79. The van der Waals surface area contributed by atoms with Crippen molar-refractivity contribution in [3.8, 4) is 0 Å². The van der Waals surface area contributed by atoms with E-state index in [0.717, 1.165) is 42.5 Å². The first kappa shape index (κ1) is 14.6. The van der Waals surface area contributed by atoms with Gasteiger partial charge in [-0.1, -0.05) is 30.7 Å². The van der Waals surface area contributed by atoms with Gasteiger partial charge in [0.05, 0.1) is 0 Å². The minimum absolute atomic E-state index is 0.512. The summed E-state index contributed by atoms with van der Waals surface area (Å²) in [5.41, 5.74) is 7.02. The molecule has 20 heavy (non-hydrogen) atoms. The fraction of sp³-hybridized carbons (Fsp3) is 0.333. The van der Waals surface area contributed by atoms with Gasteiger partial charge in [0.1, 0.15) is 17.5 Å². The zero-order valence-corrected chi connectivity index (χ0v) is 12.3. The highest BCUT2D eigenvalue weighted by Crippen LogP contribution is 2.12. The molecule has 0 aliphatic carbocycles. The number of nitrogens with one attached hydrogen (secondary N) is 1. The van der Waals surface area contributed by atoms with Gasteiger partial charge in [-0.2, -0.15) is 0 Å². The summed E-state index contributed by atoms with van der Waals surface area (Å²) < 4.78 is 0. The van der Waals surface area contributed by atoms with Crippen molar-refractivity contribution >= 4 is 23.2 Å². The van der Waals surface area contributed by atoms with E-state index >= 15 is 0 Å². The summed E-state index contributed by atoms with van der Waals surface area (Å²) in [4.78, 5) is 8.66. The third-order valence-corrected chi connectivity index (χ3v) is 3.15. The van der Waals surface area contributed by atoms with Crippen LogP contribution in [0.25, 0.3) is 0 Å². The predicted octanol–water partition coefficient (Wildman–Crippen LogP) is 3.32. The smallest absolute Gasteiger partial charge is 0.133 e. The molecular weight excluding hydrogens is 272 g/mol. The van der Waals surface area contributed by atoms with Crippen molar-refractivity contribution in [2.24, 2.45) is 0 Å². The molecule has 0 aliphatic rings. The number of halogens is 1. The van der Waals surface area contributed by atoms with E-state index in [2.05, 4.69) is 22.2 Å². The zero-order valence-electron chi connectivity index (χ0n) is 11.6. The Morgan fingerprint density at radius 1 is 1.15 bits per heavy atom. The molecular formula is C15H19ClN4. The molecule has 0 radical (unpaired) electrons. The molecule has 0 saturated heterocycles. The Balaban J connectivity index is 1.91. The third kappa shape index (κ3) is 4.38. The van der Waals surface area contributed by atoms with Crippen molar-refractivity contribution in [1.29, 1.82) is 0 Å². The van der Waals surface area contributed by atoms with Gasteiger partial charge < -0.3 is 11.1 Å². The van der Waals surface area contributed by atoms with Crippen LogP contribution >= 0.6 is 11.6 Å². The lowest BCUT2D eigenvalue weighted by molar-refractivity contribution is 0.836. The van der Waals surface area contributed by atoms with Crippen molar-refractivity contribution in [1.82, 2.24) is 9.97 Å². The van der Waals surface area contributed by atoms with Gasteiger partial charge in [-0.15, -0.1) is 0 Å². The van der Waals surface area contributed by atoms with Gasteiger partial charge in [-0.3, -0.25) is 0 Å². The van der Waals surface area contributed by atoms with Crippen LogP contribution in [0.1, 0.15) is 24.7 Å². The second-order valence-corrected chi connectivity index (χ2v) is 5.08. The summed E-state index contributed by atoms with van der Waals surface area (Å²) in [6.45, 7) is 2.89. The summed E-state index contributed by atoms with van der Waals surface area (Å²) in [6, 6.07) is 9.63. The number of aromatic nitrogens is 2. The first-order chi connectivity index (χ1) is 9.67. The Morgan fingerprint density at radius 3 is 2.60 bits per heavy atom. The van der Waals surface area contributed by atoms with Crippen molar-refractivity contribution < 1.29 is 0 Å². The van der Waals surface area contributed by atoms with Crippen LogP contribution < -0.4 is 11.1 Å². The lowest BCUT2D eigenvalue weighted by Gasteiger charge is -2.08. The standard InChI is InChI=1S/C15H19ClN4/c1-2-3-14-19-13(17)10-15(20-14)18-9-8-11-4-6-12(16)7-5-11/h4-7,10H,2-3,8-9H2,1H3,(H3,17,18,19,20). The zero-order chi connectivity index (χ0) is 14.4. The fourth-order valence-corrected chi connectivity index (χ4v) is 2.06. The SMILES string of the molecule is CCCc1nc(N)cc(NCCc2ccc(Cl)cc2)n1. The third-order valence-electron chi connectivity index (χ3n) is 2.90. The van der Waals surface area contributed by atoms with Gasteiger partial charge in [-0.05, 0) is 30.5 Å². The largest absolute Gasteiger partial charge is 0.384 e. The summed E-state index contributed by atoms with van der Waals surface area (Å²) in [5.74, 6) is 2.09. The highest BCUT2D eigenvalue weighted by atomic mass is 35.5. The molecule has 3 N–H and O–H groups in total. The van der Waals surface area contributed by atoms with E-state index in [1.54, 1.807) is 6.07 Å². The molecule has 0 unspecified atom stereocenters. The second kappa shape index (κ2) is 7.10. The number of hydrogen-bond donors (Lipinski definition) is 2. The number of benzene rings is 1. The average molecular weight is 291 g/mol. The second-order valence-electron chi connectivity index (χ2n) is 4.65. The number of nitrogen functional groups attached to an aromatic ring is 1. The van der Waals surface area contributed by atoms with Crippen LogP contribution in [-0.2, 0) is 12.8 Å². The fourth-order valence-electron chi connectivity index (χ4n) is 1.93. The van der Waals surface area contributed by atoms with Crippen LogP contribution in [0.2, 0.25) is 5.02 Å². The van der Waals surface area contributed by atoms with Gasteiger partial charge >= 0.3 is 0 Å². The molecule has 106 valence electrons. The van der Waals surface area contributed by atoms with Crippen LogP contribution in [0.3, 0.4) is 0 Å². The average Bonchev–Trinajstić information content (AvgIpc) is 2.41.